The van der Waals surface area contributed by atoms with Crippen LogP contribution in [0, 0.1) is 23.7 Å². The Balaban J connectivity index is 1.60. The minimum Gasteiger partial charge on any atom is -0.324 e. The maximum atomic E-state index is 6.13. The SMILES string of the molecule is CCC(N)c1cnn(C2C3CC4CC(C3)CC2C4)c1. The molecule has 19 heavy (non-hydrogen) atoms. The van der Waals surface area contributed by atoms with Crippen LogP contribution >= 0.6 is 0 Å². The van der Waals surface area contributed by atoms with Gasteiger partial charge in [-0.2, -0.15) is 5.10 Å². The van der Waals surface area contributed by atoms with E-state index in [1.165, 1.54) is 37.7 Å². The summed E-state index contributed by atoms with van der Waals surface area (Å²) in [5.74, 6) is 3.85. The molecule has 0 spiro atoms. The van der Waals surface area contributed by atoms with E-state index in [0.29, 0.717) is 6.04 Å². The van der Waals surface area contributed by atoms with E-state index in [1.54, 1.807) is 0 Å². The molecule has 3 heteroatoms. The Morgan fingerprint density at radius 1 is 1.21 bits per heavy atom. The van der Waals surface area contributed by atoms with E-state index in [2.05, 4.69) is 22.9 Å². The number of hydrogen-bond donors (Lipinski definition) is 1. The summed E-state index contributed by atoms with van der Waals surface area (Å²) in [6.07, 6.45) is 12.6. The molecule has 1 aromatic heterocycles. The van der Waals surface area contributed by atoms with Crippen molar-refractivity contribution in [1.29, 1.82) is 0 Å². The lowest BCUT2D eigenvalue weighted by Crippen LogP contribution is -2.46. The zero-order valence-electron chi connectivity index (χ0n) is 11.8. The van der Waals surface area contributed by atoms with Crippen molar-refractivity contribution in [3.8, 4) is 0 Å². The molecule has 4 saturated carbocycles. The maximum Gasteiger partial charge on any atom is 0.0576 e. The smallest absolute Gasteiger partial charge is 0.0576 e. The number of hydrogen-bond acceptors (Lipinski definition) is 2. The molecule has 3 nitrogen and oxygen atoms in total. The van der Waals surface area contributed by atoms with Crippen LogP contribution in [0.25, 0.3) is 0 Å². The van der Waals surface area contributed by atoms with Crippen LogP contribution in [0.15, 0.2) is 12.4 Å². The van der Waals surface area contributed by atoms with E-state index in [1.807, 2.05) is 6.20 Å². The fourth-order valence-corrected chi connectivity index (χ4v) is 5.27. The molecule has 4 aliphatic rings. The molecule has 2 N–H and O–H groups in total. The molecular formula is C16H25N3. The summed E-state index contributed by atoms with van der Waals surface area (Å²) in [6, 6.07) is 0.830. The second-order valence-electron chi connectivity index (χ2n) is 7.19. The summed E-state index contributed by atoms with van der Waals surface area (Å²) in [7, 11) is 0. The van der Waals surface area contributed by atoms with Crippen molar-refractivity contribution in [3.05, 3.63) is 18.0 Å². The lowest BCUT2D eigenvalue weighted by Gasteiger charge is -2.54. The highest BCUT2D eigenvalue weighted by molar-refractivity contribution is 5.11. The van der Waals surface area contributed by atoms with Gasteiger partial charge in [0.15, 0.2) is 0 Å². The van der Waals surface area contributed by atoms with Gasteiger partial charge in [-0.25, -0.2) is 0 Å². The van der Waals surface area contributed by atoms with Crippen molar-refractivity contribution in [2.75, 3.05) is 0 Å². The monoisotopic (exact) mass is 259 g/mol. The Morgan fingerprint density at radius 2 is 1.84 bits per heavy atom. The van der Waals surface area contributed by atoms with Crippen LogP contribution in [0.5, 0.6) is 0 Å². The summed E-state index contributed by atoms with van der Waals surface area (Å²) < 4.78 is 2.28. The molecule has 4 bridgehead atoms. The zero-order chi connectivity index (χ0) is 13.0. The van der Waals surface area contributed by atoms with Crippen LogP contribution in [0.4, 0.5) is 0 Å². The molecule has 1 atom stereocenters. The molecule has 1 aromatic rings. The molecular weight excluding hydrogens is 234 g/mol. The van der Waals surface area contributed by atoms with Crippen molar-refractivity contribution in [1.82, 2.24) is 9.78 Å². The quantitative estimate of drug-likeness (QED) is 0.905. The number of aromatic nitrogens is 2. The van der Waals surface area contributed by atoms with Crippen molar-refractivity contribution < 1.29 is 0 Å². The van der Waals surface area contributed by atoms with Crippen molar-refractivity contribution in [3.63, 3.8) is 0 Å². The first-order valence-corrected chi connectivity index (χ1v) is 8.04. The molecule has 104 valence electrons. The number of nitrogens with two attached hydrogens (primary N) is 1. The predicted molar refractivity (Wildman–Crippen MR) is 75.5 cm³/mol. The van der Waals surface area contributed by atoms with Crippen LogP contribution in [-0.4, -0.2) is 9.78 Å². The fourth-order valence-electron chi connectivity index (χ4n) is 5.27. The molecule has 0 radical (unpaired) electrons. The van der Waals surface area contributed by atoms with Gasteiger partial charge in [0.25, 0.3) is 0 Å². The average Bonchev–Trinajstić information content (AvgIpc) is 2.86. The van der Waals surface area contributed by atoms with Gasteiger partial charge in [0.2, 0.25) is 0 Å². The van der Waals surface area contributed by atoms with Crippen LogP contribution in [-0.2, 0) is 0 Å². The molecule has 5 rings (SSSR count). The minimum atomic E-state index is 0.158. The van der Waals surface area contributed by atoms with E-state index in [0.717, 1.165) is 30.1 Å². The van der Waals surface area contributed by atoms with Gasteiger partial charge in [0, 0.05) is 17.8 Å². The topological polar surface area (TPSA) is 43.8 Å². The Bertz CT molecular complexity index is 436. The summed E-state index contributed by atoms with van der Waals surface area (Å²) in [6.45, 7) is 2.14. The third kappa shape index (κ3) is 1.85. The first-order valence-electron chi connectivity index (χ1n) is 8.04. The van der Waals surface area contributed by atoms with Gasteiger partial charge in [-0.3, -0.25) is 4.68 Å². The van der Waals surface area contributed by atoms with Crippen LogP contribution in [0.3, 0.4) is 0 Å². The van der Waals surface area contributed by atoms with Gasteiger partial charge in [-0.05, 0) is 62.2 Å². The van der Waals surface area contributed by atoms with Gasteiger partial charge in [0.05, 0.1) is 12.2 Å². The largest absolute Gasteiger partial charge is 0.324 e. The van der Waals surface area contributed by atoms with Crippen LogP contribution < -0.4 is 5.73 Å². The van der Waals surface area contributed by atoms with Crippen molar-refractivity contribution in [2.45, 2.75) is 57.5 Å². The van der Waals surface area contributed by atoms with Crippen molar-refractivity contribution >= 4 is 0 Å². The standard InChI is InChI=1S/C16H25N3/c1-2-15(17)14-8-18-19(9-14)16-12-4-10-3-11(6-12)7-13(16)5-10/h8-13,15-16H,2-7,17H2,1H3. The van der Waals surface area contributed by atoms with Gasteiger partial charge < -0.3 is 5.73 Å². The second-order valence-corrected chi connectivity index (χ2v) is 7.19. The molecule has 0 amide bonds. The summed E-state index contributed by atoms with van der Waals surface area (Å²) in [5, 5.41) is 4.67. The summed E-state index contributed by atoms with van der Waals surface area (Å²) in [5.41, 5.74) is 7.35. The lowest BCUT2D eigenvalue weighted by molar-refractivity contribution is -0.0336. The highest BCUT2D eigenvalue weighted by Gasteiger charge is 2.49. The Labute approximate surface area is 115 Å². The summed E-state index contributed by atoms with van der Waals surface area (Å²) in [4.78, 5) is 0. The fraction of sp³-hybridized carbons (Fsp3) is 0.812. The normalized spacial score (nSPS) is 41.7. The number of rotatable bonds is 3. The van der Waals surface area contributed by atoms with E-state index in [-0.39, 0.29) is 6.04 Å². The highest BCUT2D eigenvalue weighted by Crippen LogP contribution is 2.58. The second kappa shape index (κ2) is 4.34. The zero-order valence-corrected chi connectivity index (χ0v) is 11.8. The molecule has 4 fully saturated rings. The summed E-state index contributed by atoms with van der Waals surface area (Å²) >= 11 is 0. The molecule has 0 aromatic carbocycles. The molecule has 1 heterocycles. The average molecular weight is 259 g/mol. The first-order chi connectivity index (χ1) is 9.24. The third-order valence-electron chi connectivity index (χ3n) is 5.97. The predicted octanol–water partition coefficient (Wildman–Crippen LogP) is 3.29. The van der Waals surface area contributed by atoms with E-state index >= 15 is 0 Å². The van der Waals surface area contributed by atoms with Gasteiger partial charge in [-0.1, -0.05) is 6.92 Å². The Kier molecular flexibility index (Phi) is 2.73. The highest BCUT2D eigenvalue weighted by atomic mass is 15.3. The lowest BCUT2D eigenvalue weighted by atomic mass is 9.54. The maximum absolute atomic E-state index is 6.13. The molecule has 4 aliphatic carbocycles. The number of nitrogens with zero attached hydrogens (tertiary/aromatic N) is 2. The van der Waals surface area contributed by atoms with Crippen LogP contribution in [0.1, 0.15) is 63.1 Å². The minimum absolute atomic E-state index is 0.158. The van der Waals surface area contributed by atoms with E-state index in [9.17, 15) is 0 Å². The van der Waals surface area contributed by atoms with E-state index in [4.69, 9.17) is 5.73 Å². The molecule has 0 aliphatic heterocycles. The first kappa shape index (κ1) is 12.0. The molecule has 1 unspecified atom stereocenters. The van der Waals surface area contributed by atoms with Crippen molar-refractivity contribution in [2.24, 2.45) is 29.4 Å². The van der Waals surface area contributed by atoms with Crippen LogP contribution in [0.2, 0.25) is 0 Å². The Hall–Kier alpha value is -0.830. The van der Waals surface area contributed by atoms with E-state index < -0.39 is 0 Å². The van der Waals surface area contributed by atoms with Gasteiger partial charge in [-0.15, -0.1) is 0 Å². The van der Waals surface area contributed by atoms with Gasteiger partial charge in [0.1, 0.15) is 0 Å². The Morgan fingerprint density at radius 3 is 2.42 bits per heavy atom. The third-order valence-corrected chi connectivity index (χ3v) is 5.97. The molecule has 0 saturated heterocycles. The van der Waals surface area contributed by atoms with Gasteiger partial charge >= 0.3 is 0 Å².